The largest absolute Gasteiger partial charge is 0.494 e. The standard InChI is InChI=1S/C32H30ClN5O2/c1-2-20-40-25-14-12-24(13-15-25)32(39)37-18-16-36(17-19-37)30-29-26(23-8-4-3-5-9-23)21-38(31(29)35-22-34-30)28-11-7-6-10-27(28)33/h3-15,21-22H,2,16-20H2,1H3. The summed E-state index contributed by atoms with van der Waals surface area (Å²) in [5.74, 6) is 1.68. The highest BCUT2D eigenvalue weighted by Gasteiger charge is 2.26. The van der Waals surface area contributed by atoms with E-state index < -0.39 is 0 Å². The zero-order valence-electron chi connectivity index (χ0n) is 22.3. The Morgan fingerprint density at radius 1 is 0.900 bits per heavy atom. The molecule has 7 nitrogen and oxygen atoms in total. The molecule has 0 radical (unpaired) electrons. The summed E-state index contributed by atoms with van der Waals surface area (Å²) in [6.07, 6.45) is 4.65. The van der Waals surface area contributed by atoms with Crippen LogP contribution < -0.4 is 9.64 Å². The smallest absolute Gasteiger partial charge is 0.253 e. The molecule has 202 valence electrons. The number of rotatable bonds is 7. The van der Waals surface area contributed by atoms with Crippen LogP contribution in [0, 0.1) is 0 Å². The molecule has 5 aromatic rings. The van der Waals surface area contributed by atoms with Crippen LogP contribution in [0.25, 0.3) is 27.8 Å². The minimum absolute atomic E-state index is 0.0318. The monoisotopic (exact) mass is 551 g/mol. The second kappa shape index (κ2) is 11.4. The first-order valence-electron chi connectivity index (χ1n) is 13.6. The number of carbonyl (C=O) groups is 1. The molecule has 6 rings (SSSR count). The van der Waals surface area contributed by atoms with Crippen LogP contribution in [0.3, 0.4) is 0 Å². The highest BCUT2D eigenvalue weighted by Crippen LogP contribution is 2.38. The van der Waals surface area contributed by atoms with E-state index in [9.17, 15) is 4.79 Å². The molecule has 2 aromatic heterocycles. The number of benzene rings is 3. The van der Waals surface area contributed by atoms with E-state index in [0.29, 0.717) is 43.4 Å². The Morgan fingerprint density at radius 2 is 1.62 bits per heavy atom. The van der Waals surface area contributed by atoms with Gasteiger partial charge in [0.15, 0.2) is 5.65 Å². The Labute approximate surface area is 238 Å². The van der Waals surface area contributed by atoms with E-state index in [1.54, 1.807) is 6.33 Å². The molecule has 0 aliphatic carbocycles. The number of ether oxygens (including phenoxy) is 1. The maximum absolute atomic E-state index is 13.2. The molecular weight excluding hydrogens is 522 g/mol. The Hall–Kier alpha value is -4.36. The average molecular weight is 552 g/mol. The minimum Gasteiger partial charge on any atom is -0.494 e. The molecule has 3 heterocycles. The van der Waals surface area contributed by atoms with Gasteiger partial charge in [-0.3, -0.25) is 9.36 Å². The molecule has 1 fully saturated rings. The zero-order valence-corrected chi connectivity index (χ0v) is 23.1. The number of fused-ring (bicyclic) bond motifs is 1. The van der Waals surface area contributed by atoms with E-state index in [1.165, 1.54) is 0 Å². The fourth-order valence-corrected chi connectivity index (χ4v) is 5.40. The molecule has 1 saturated heterocycles. The van der Waals surface area contributed by atoms with Crippen LogP contribution in [0.5, 0.6) is 5.75 Å². The molecule has 0 N–H and O–H groups in total. The van der Waals surface area contributed by atoms with Gasteiger partial charge in [-0.1, -0.05) is 61.0 Å². The van der Waals surface area contributed by atoms with Crippen LogP contribution in [-0.4, -0.2) is 58.1 Å². The fourth-order valence-electron chi connectivity index (χ4n) is 5.17. The topological polar surface area (TPSA) is 63.5 Å². The lowest BCUT2D eigenvalue weighted by Gasteiger charge is -2.35. The number of piperazine rings is 1. The van der Waals surface area contributed by atoms with E-state index in [2.05, 4.69) is 30.2 Å². The van der Waals surface area contributed by atoms with Gasteiger partial charge in [-0.15, -0.1) is 0 Å². The van der Waals surface area contributed by atoms with Gasteiger partial charge in [0.05, 0.1) is 22.7 Å². The quantitative estimate of drug-likeness (QED) is 0.231. The first-order valence-corrected chi connectivity index (χ1v) is 14.0. The van der Waals surface area contributed by atoms with E-state index in [1.807, 2.05) is 76.2 Å². The van der Waals surface area contributed by atoms with Crippen molar-refractivity contribution >= 4 is 34.4 Å². The Bertz CT molecular complexity index is 1630. The predicted molar refractivity (Wildman–Crippen MR) is 160 cm³/mol. The molecule has 0 bridgehead atoms. The van der Waals surface area contributed by atoms with Crippen molar-refractivity contribution < 1.29 is 9.53 Å². The van der Waals surface area contributed by atoms with E-state index in [0.717, 1.165) is 45.8 Å². The SMILES string of the molecule is CCCOc1ccc(C(=O)N2CCN(c3ncnc4c3c(-c3ccccc3)cn4-c3ccccc3Cl)CC2)cc1. The van der Waals surface area contributed by atoms with Crippen molar-refractivity contribution in [1.82, 2.24) is 19.4 Å². The summed E-state index contributed by atoms with van der Waals surface area (Å²) >= 11 is 6.61. The number of hydrogen-bond acceptors (Lipinski definition) is 5. The van der Waals surface area contributed by atoms with Crippen LogP contribution in [0.15, 0.2) is 91.4 Å². The van der Waals surface area contributed by atoms with Gasteiger partial charge in [-0.25, -0.2) is 9.97 Å². The molecule has 1 amide bonds. The van der Waals surface area contributed by atoms with Gasteiger partial charge in [0.25, 0.3) is 5.91 Å². The number of amides is 1. The average Bonchev–Trinajstić information content (AvgIpc) is 3.40. The highest BCUT2D eigenvalue weighted by atomic mass is 35.5. The number of halogens is 1. The third-order valence-electron chi connectivity index (χ3n) is 7.20. The maximum Gasteiger partial charge on any atom is 0.253 e. The summed E-state index contributed by atoms with van der Waals surface area (Å²) in [6, 6.07) is 25.5. The number of para-hydroxylation sites is 1. The van der Waals surface area contributed by atoms with Gasteiger partial charge in [0, 0.05) is 43.5 Å². The Balaban J connectivity index is 1.30. The van der Waals surface area contributed by atoms with Crippen LogP contribution >= 0.6 is 11.6 Å². The lowest BCUT2D eigenvalue weighted by atomic mass is 10.1. The van der Waals surface area contributed by atoms with E-state index in [4.69, 9.17) is 26.3 Å². The molecule has 0 unspecified atom stereocenters. The molecule has 1 aliphatic heterocycles. The first-order chi connectivity index (χ1) is 19.6. The van der Waals surface area contributed by atoms with Crippen molar-refractivity contribution in [3.63, 3.8) is 0 Å². The molecular formula is C32H30ClN5O2. The molecule has 8 heteroatoms. The van der Waals surface area contributed by atoms with Gasteiger partial charge in [-0.2, -0.15) is 0 Å². The van der Waals surface area contributed by atoms with Crippen molar-refractivity contribution in [3.8, 4) is 22.6 Å². The van der Waals surface area contributed by atoms with Crippen LogP contribution in [-0.2, 0) is 0 Å². The van der Waals surface area contributed by atoms with Crippen LogP contribution in [0.1, 0.15) is 23.7 Å². The third-order valence-corrected chi connectivity index (χ3v) is 7.52. The van der Waals surface area contributed by atoms with Crippen molar-refractivity contribution in [2.75, 3.05) is 37.7 Å². The van der Waals surface area contributed by atoms with Gasteiger partial charge in [-0.05, 0) is 48.4 Å². The summed E-state index contributed by atoms with van der Waals surface area (Å²) < 4.78 is 7.70. The molecule has 0 atom stereocenters. The maximum atomic E-state index is 13.2. The van der Waals surface area contributed by atoms with Gasteiger partial charge < -0.3 is 14.5 Å². The number of anilines is 1. The summed E-state index contributed by atoms with van der Waals surface area (Å²) in [5.41, 5.74) is 4.44. The van der Waals surface area contributed by atoms with Crippen molar-refractivity contribution in [2.45, 2.75) is 13.3 Å². The van der Waals surface area contributed by atoms with Crippen molar-refractivity contribution in [1.29, 1.82) is 0 Å². The molecule has 3 aromatic carbocycles. The fraction of sp³-hybridized carbons (Fsp3) is 0.219. The first kappa shape index (κ1) is 25.9. The highest BCUT2D eigenvalue weighted by molar-refractivity contribution is 6.32. The molecule has 0 spiro atoms. The Kier molecular flexibility index (Phi) is 7.38. The van der Waals surface area contributed by atoms with Crippen molar-refractivity contribution in [2.24, 2.45) is 0 Å². The second-order valence-corrected chi connectivity index (χ2v) is 10.2. The molecule has 0 saturated carbocycles. The summed E-state index contributed by atoms with van der Waals surface area (Å²) in [5, 5.41) is 1.62. The molecule has 40 heavy (non-hydrogen) atoms. The number of aromatic nitrogens is 3. The molecule has 1 aliphatic rings. The third kappa shape index (κ3) is 5.00. The van der Waals surface area contributed by atoms with Gasteiger partial charge in [0.2, 0.25) is 0 Å². The second-order valence-electron chi connectivity index (χ2n) is 9.78. The summed E-state index contributed by atoms with van der Waals surface area (Å²) in [7, 11) is 0. The zero-order chi connectivity index (χ0) is 27.5. The number of nitrogens with zero attached hydrogens (tertiary/aromatic N) is 5. The summed E-state index contributed by atoms with van der Waals surface area (Å²) in [4.78, 5) is 26.9. The predicted octanol–water partition coefficient (Wildman–Crippen LogP) is 6.49. The lowest BCUT2D eigenvalue weighted by Crippen LogP contribution is -2.49. The normalized spacial score (nSPS) is 13.6. The number of hydrogen-bond donors (Lipinski definition) is 0. The van der Waals surface area contributed by atoms with Gasteiger partial charge >= 0.3 is 0 Å². The summed E-state index contributed by atoms with van der Waals surface area (Å²) in [6.45, 7) is 5.27. The Morgan fingerprint density at radius 3 is 2.35 bits per heavy atom. The van der Waals surface area contributed by atoms with Crippen LogP contribution in [0.2, 0.25) is 5.02 Å². The van der Waals surface area contributed by atoms with Crippen LogP contribution in [0.4, 0.5) is 5.82 Å². The van der Waals surface area contributed by atoms with Gasteiger partial charge in [0.1, 0.15) is 17.9 Å². The van der Waals surface area contributed by atoms with E-state index >= 15 is 0 Å². The van der Waals surface area contributed by atoms with Crippen molar-refractivity contribution in [3.05, 3.63) is 102 Å². The number of carbonyl (C=O) groups excluding carboxylic acids is 1. The van der Waals surface area contributed by atoms with E-state index in [-0.39, 0.29) is 5.91 Å². The minimum atomic E-state index is 0.0318. The lowest BCUT2D eigenvalue weighted by molar-refractivity contribution is 0.0746.